The molecule has 21 heavy (non-hydrogen) atoms. The SMILES string of the molecule is COc1c2c(cc3c(=O)cc(C)n(C)c13)c(C)c(C)n2C. The van der Waals surface area contributed by atoms with Gasteiger partial charge in [-0.05, 0) is 32.4 Å². The summed E-state index contributed by atoms with van der Waals surface area (Å²) in [6, 6.07) is 3.68. The molecule has 2 aromatic heterocycles. The molecule has 3 aromatic rings. The van der Waals surface area contributed by atoms with Crippen molar-refractivity contribution in [1.82, 2.24) is 9.13 Å². The minimum atomic E-state index is 0.0432. The van der Waals surface area contributed by atoms with E-state index < -0.39 is 0 Å². The van der Waals surface area contributed by atoms with Crippen molar-refractivity contribution in [3.05, 3.63) is 39.3 Å². The van der Waals surface area contributed by atoms with Crippen LogP contribution >= 0.6 is 0 Å². The van der Waals surface area contributed by atoms with E-state index in [1.807, 2.05) is 31.7 Å². The van der Waals surface area contributed by atoms with Gasteiger partial charge >= 0.3 is 0 Å². The molecule has 0 saturated heterocycles. The molecule has 1 aromatic carbocycles. The maximum absolute atomic E-state index is 12.4. The summed E-state index contributed by atoms with van der Waals surface area (Å²) < 4.78 is 9.86. The number of pyridine rings is 1. The van der Waals surface area contributed by atoms with E-state index in [1.54, 1.807) is 13.2 Å². The molecular weight excluding hydrogens is 264 g/mol. The second-order valence-corrected chi connectivity index (χ2v) is 5.68. The van der Waals surface area contributed by atoms with E-state index in [0.717, 1.165) is 27.9 Å². The fourth-order valence-corrected chi connectivity index (χ4v) is 3.13. The van der Waals surface area contributed by atoms with Gasteiger partial charge in [0.05, 0.1) is 23.5 Å². The van der Waals surface area contributed by atoms with Crippen LogP contribution < -0.4 is 10.2 Å². The van der Waals surface area contributed by atoms with Crippen LogP contribution in [0.15, 0.2) is 16.9 Å². The monoisotopic (exact) mass is 284 g/mol. The van der Waals surface area contributed by atoms with Gasteiger partial charge in [0.15, 0.2) is 11.2 Å². The molecule has 3 rings (SSSR count). The van der Waals surface area contributed by atoms with Gasteiger partial charge in [0.1, 0.15) is 0 Å². The van der Waals surface area contributed by atoms with Crippen LogP contribution in [0.3, 0.4) is 0 Å². The number of aryl methyl sites for hydroxylation is 4. The van der Waals surface area contributed by atoms with Gasteiger partial charge < -0.3 is 13.9 Å². The normalized spacial score (nSPS) is 11.5. The Kier molecular flexibility index (Phi) is 2.87. The van der Waals surface area contributed by atoms with Crippen LogP contribution in [-0.2, 0) is 14.1 Å². The van der Waals surface area contributed by atoms with Crippen molar-refractivity contribution >= 4 is 21.8 Å². The second-order valence-electron chi connectivity index (χ2n) is 5.68. The highest BCUT2D eigenvalue weighted by Gasteiger charge is 2.19. The van der Waals surface area contributed by atoms with Crippen LogP contribution in [0.25, 0.3) is 21.8 Å². The standard InChI is InChI=1S/C17H20N2O2/c1-9-7-14(20)13-8-12-10(2)11(3)19(5)15(12)17(21-6)16(13)18(9)4/h7-8H,1-6H3. The average molecular weight is 284 g/mol. The summed E-state index contributed by atoms with van der Waals surface area (Å²) in [5.74, 6) is 0.768. The Balaban J connectivity index is 2.73. The third kappa shape index (κ3) is 1.65. The van der Waals surface area contributed by atoms with Gasteiger partial charge in [-0.3, -0.25) is 4.79 Å². The van der Waals surface area contributed by atoms with E-state index in [9.17, 15) is 4.79 Å². The largest absolute Gasteiger partial charge is 0.492 e. The lowest BCUT2D eigenvalue weighted by Crippen LogP contribution is -2.10. The van der Waals surface area contributed by atoms with Crippen molar-refractivity contribution < 1.29 is 4.74 Å². The third-order valence-electron chi connectivity index (χ3n) is 4.69. The van der Waals surface area contributed by atoms with Crippen LogP contribution in [0, 0.1) is 20.8 Å². The van der Waals surface area contributed by atoms with Gasteiger partial charge in [0.2, 0.25) is 0 Å². The summed E-state index contributed by atoms with van der Waals surface area (Å²) in [6.45, 7) is 6.11. The van der Waals surface area contributed by atoms with E-state index >= 15 is 0 Å². The molecule has 4 heteroatoms. The summed E-state index contributed by atoms with van der Waals surface area (Å²) >= 11 is 0. The number of nitrogens with zero attached hydrogens (tertiary/aromatic N) is 2. The summed E-state index contributed by atoms with van der Waals surface area (Å²) in [7, 11) is 5.67. The molecule has 0 aliphatic heterocycles. The average Bonchev–Trinajstić information content (AvgIpc) is 2.68. The lowest BCUT2D eigenvalue weighted by molar-refractivity contribution is 0.420. The Morgan fingerprint density at radius 3 is 2.19 bits per heavy atom. The Hall–Kier alpha value is -2.23. The van der Waals surface area contributed by atoms with Crippen molar-refractivity contribution in [2.24, 2.45) is 14.1 Å². The van der Waals surface area contributed by atoms with Gasteiger partial charge in [-0.1, -0.05) is 0 Å². The lowest BCUT2D eigenvalue weighted by Gasteiger charge is -2.15. The zero-order chi connectivity index (χ0) is 15.5. The Morgan fingerprint density at radius 1 is 0.952 bits per heavy atom. The van der Waals surface area contributed by atoms with Crippen LogP contribution in [-0.4, -0.2) is 16.2 Å². The maximum atomic E-state index is 12.4. The molecule has 0 atom stereocenters. The topological polar surface area (TPSA) is 36.2 Å². The molecule has 0 N–H and O–H groups in total. The number of rotatable bonds is 1. The number of fused-ring (bicyclic) bond motifs is 2. The molecule has 0 aliphatic carbocycles. The van der Waals surface area contributed by atoms with Crippen molar-refractivity contribution in [2.75, 3.05) is 7.11 Å². The number of benzene rings is 1. The highest BCUT2D eigenvalue weighted by atomic mass is 16.5. The first-order valence-corrected chi connectivity index (χ1v) is 7.01. The molecule has 0 spiro atoms. The fraction of sp³-hybridized carbons (Fsp3) is 0.353. The Morgan fingerprint density at radius 2 is 1.57 bits per heavy atom. The number of methoxy groups -OCH3 is 1. The first-order chi connectivity index (χ1) is 9.88. The molecule has 4 nitrogen and oxygen atoms in total. The van der Waals surface area contributed by atoms with Crippen molar-refractivity contribution in [3.63, 3.8) is 0 Å². The Labute approximate surface area is 123 Å². The summed E-state index contributed by atoms with van der Waals surface area (Å²) in [5.41, 5.74) is 5.24. The van der Waals surface area contributed by atoms with E-state index in [0.29, 0.717) is 5.39 Å². The Bertz CT molecular complexity index is 945. The van der Waals surface area contributed by atoms with Gasteiger partial charge in [-0.25, -0.2) is 0 Å². The zero-order valence-corrected chi connectivity index (χ0v) is 13.4. The molecular formula is C17H20N2O2. The molecule has 0 unspecified atom stereocenters. The fourth-order valence-electron chi connectivity index (χ4n) is 3.13. The van der Waals surface area contributed by atoms with E-state index in [2.05, 4.69) is 18.4 Å². The van der Waals surface area contributed by atoms with Crippen molar-refractivity contribution in [1.29, 1.82) is 0 Å². The molecule has 0 fully saturated rings. The van der Waals surface area contributed by atoms with Crippen LogP contribution in [0.2, 0.25) is 0 Å². The van der Waals surface area contributed by atoms with Gasteiger partial charge in [-0.2, -0.15) is 0 Å². The van der Waals surface area contributed by atoms with E-state index in [4.69, 9.17) is 4.74 Å². The van der Waals surface area contributed by atoms with Crippen LogP contribution in [0.4, 0.5) is 0 Å². The van der Waals surface area contributed by atoms with Crippen LogP contribution in [0.5, 0.6) is 5.75 Å². The summed E-state index contributed by atoms with van der Waals surface area (Å²) in [4.78, 5) is 12.4. The van der Waals surface area contributed by atoms with Gasteiger partial charge in [0, 0.05) is 36.9 Å². The smallest absolute Gasteiger partial charge is 0.189 e. The molecule has 2 heterocycles. The van der Waals surface area contributed by atoms with Gasteiger partial charge in [-0.15, -0.1) is 0 Å². The van der Waals surface area contributed by atoms with Gasteiger partial charge in [0.25, 0.3) is 0 Å². The highest BCUT2D eigenvalue weighted by Crippen LogP contribution is 2.37. The molecule has 0 bridgehead atoms. The highest BCUT2D eigenvalue weighted by molar-refractivity contribution is 6.04. The third-order valence-corrected chi connectivity index (χ3v) is 4.69. The lowest BCUT2D eigenvalue weighted by atomic mass is 10.1. The first kappa shape index (κ1) is 13.7. The number of aromatic nitrogens is 2. The van der Waals surface area contributed by atoms with E-state index in [1.165, 1.54) is 11.3 Å². The van der Waals surface area contributed by atoms with Crippen molar-refractivity contribution in [3.8, 4) is 5.75 Å². The quantitative estimate of drug-likeness (QED) is 0.689. The number of ether oxygens (including phenoxy) is 1. The first-order valence-electron chi connectivity index (χ1n) is 7.01. The summed E-state index contributed by atoms with van der Waals surface area (Å²) in [5, 5.41) is 1.79. The summed E-state index contributed by atoms with van der Waals surface area (Å²) in [6.07, 6.45) is 0. The number of hydrogen-bond acceptors (Lipinski definition) is 2. The molecule has 110 valence electrons. The molecule has 0 amide bonds. The zero-order valence-electron chi connectivity index (χ0n) is 13.4. The number of hydrogen-bond donors (Lipinski definition) is 0. The predicted octanol–water partition coefficient (Wildman–Crippen LogP) is 2.96. The van der Waals surface area contributed by atoms with Crippen molar-refractivity contribution in [2.45, 2.75) is 20.8 Å². The second kappa shape index (κ2) is 4.38. The van der Waals surface area contributed by atoms with Crippen LogP contribution in [0.1, 0.15) is 17.0 Å². The van der Waals surface area contributed by atoms with E-state index in [-0.39, 0.29) is 5.43 Å². The minimum Gasteiger partial charge on any atom is -0.492 e. The predicted molar refractivity (Wildman–Crippen MR) is 86.4 cm³/mol. The minimum absolute atomic E-state index is 0.0432. The maximum Gasteiger partial charge on any atom is 0.189 e. The molecule has 0 saturated carbocycles. The molecule has 0 radical (unpaired) electrons. The molecule has 0 aliphatic rings.